The molecule has 7 nitrogen and oxygen atoms in total. The average Bonchev–Trinajstić information content (AvgIpc) is 3.12. The highest BCUT2D eigenvalue weighted by molar-refractivity contribution is 7.13. The van der Waals surface area contributed by atoms with Gasteiger partial charge >= 0.3 is 6.03 Å². The van der Waals surface area contributed by atoms with Crippen molar-refractivity contribution in [1.82, 2.24) is 10.3 Å². The number of carbonyl (C=O) groups excluding carboxylic acids is 2. The molecule has 1 aromatic carbocycles. The number of nitrogens with zero attached hydrogens (tertiary/aromatic N) is 2. The predicted octanol–water partition coefficient (Wildman–Crippen LogP) is 2.39. The normalized spacial score (nSPS) is 17.0. The molecule has 126 valence electrons. The summed E-state index contributed by atoms with van der Waals surface area (Å²) in [4.78, 5) is 30.1. The molecule has 1 aromatic heterocycles. The van der Waals surface area contributed by atoms with Crippen LogP contribution in [0.15, 0.2) is 29.6 Å². The first kappa shape index (κ1) is 16.3. The van der Waals surface area contributed by atoms with Crippen LogP contribution in [0.4, 0.5) is 15.6 Å². The van der Waals surface area contributed by atoms with E-state index in [0.717, 1.165) is 11.4 Å². The van der Waals surface area contributed by atoms with Crippen LogP contribution in [0.3, 0.4) is 0 Å². The fourth-order valence-corrected chi connectivity index (χ4v) is 3.25. The van der Waals surface area contributed by atoms with Gasteiger partial charge in [0.05, 0.1) is 18.8 Å². The van der Waals surface area contributed by atoms with Crippen molar-refractivity contribution in [2.24, 2.45) is 0 Å². The maximum absolute atomic E-state index is 12.2. The fourth-order valence-electron chi connectivity index (χ4n) is 2.56. The van der Waals surface area contributed by atoms with Crippen molar-refractivity contribution in [3.05, 3.63) is 35.3 Å². The van der Waals surface area contributed by atoms with Gasteiger partial charge in [-0.2, -0.15) is 0 Å². The van der Waals surface area contributed by atoms with Gasteiger partial charge in [-0.25, -0.2) is 9.78 Å². The Bertz CT molecular complexity index is 761. The van der Waals surface area contributed by atoms with Crippen molar-refractivity contribution >= 4 is 34.1 Å². The number of aryl methyl sites for hydroxylation is 1. The number of thiazole rings is 1. The minimum Gasteiger partial charge on any atom is -0.497 e. The summed E-state index contributed by atoms with van der Waals surface area (Å²) in [5.41, 5.74) is 1.62. The van der Waals surface area contributed by atoms with Crippen LogP contribution < -0.4 is 20.3 Å². The second-order valence-electron chi connectivity index (χ2n) is 5.50. The van der Waals surface area contributed by atoms with Gasteiger partial charge in [-0.05, 0) is 19.1 Å². The van der Waals surface area contributed by atoms with Crippen molar-refractivity contribution in [2.75, 3.05) is 23.9 Å². The summed E-state index contributed by atoms with van der Waals surface area (Å²) < 4.78 is 5.19. The van der Waals surface area contributed by atoms with Crippen LogP contribution in [0, 0.1) is 6.92 Å². The van der Waals surface area contributed by atoms with Crippen molar-refractivity contribution < 1.29 is 14.3 Å². The molecule has 0 unspecified atom stereocenters. The van der Waals surface area contributed by atoms with Crippen LogP contribution in [-0.4, -0.2) is 36.6 Å². The van der Waals surface area contributed by atoms with Gasteiger partial charge in [-0.3, -0.25) is 10.1 Å². The van der Waals surface area contributed by atoms with E-state index >= 15 is 0 Å². The quantitative estimate of drug-likeness (QED) is 0.890. The lowest BCUT2D eigenvalue weighted by Crippen LogP contribution is -2.39. The van der Waals surface area contributed by atoms with Gasteiger partial charge in [0, 0.05) is 30.1 Å². The predicted molar refractivity (Wildman–Crippen MR) is 92.8 cm³/mol. The monoisotopic (exact) mass is 346 g/mol. The van der Waals surface area contributed by atoms with Gasteiger partial charge in [0.1, 0.15) is 5.75 Å². The highest BCUT2D eigenvalue weighted by atomic mass is 32.1. The zero-order valence-electron chi connectivity index (χ0n) is 13.4. The first-order valence-electron chi connectivity index (χ1n) is 7.49. The molecular weight excluding hydrogens is 328 g/mol. The number of aromatic nitrogens is 1. The second kappa shape index (κ2) is 6.88. The number of urea groups is 1. The highest BCUT2D eigenvalue weighted by Crippen LogP contribution is 2.25. The molecule has 2 heterocycles. The Morgan fingerprint density at radius 1 is 1.46 bits per heavy atom. The lowest BCUT2D eigenvalue weighted by Gasteiger charge is -2.18. The molecule has 0 aliphatic carbocycles. The summed E-state index contributed by atoms with van der Waals surface area (Å²) in [6.07, 6.45) is 0.265. The molecule has 1 saturated heterocycles. The number of rotatable bonds is 4. The van der Waals surface area contributed by atoms with Crippen molar-refractivity contribution in [2.45, 2.75) is 19.4 Å². The van der Waals surface area contributed by atoms with E-state index < -0.39 is 0 Å². The number of nitrogens with one attached hydrogen (secondary N) is 2. The molecule has 0 spiro atoms. The number of methoxy groups -OCH3 is 1. The summed E-state index contributed by atoms with van der Waals surface area (Å²) in [6.45, 7) is 2.29. The topological polar surface area (TPSA) is 83.6 Å². The number of hydrogen-bond acceptors (Lipinski definition) is 5. The molecule has 2 aromatic rings. The Labute approximate surface area is 143 Å². The third-order valence-corrected chi connectivity index (χ3v) is 4.54. The molecular formula is C16H18N4O3S. The molecule has 3 rings (SSSR count). The van der Waals surface area contributed by atoms with E-state index in [0.29, 0.717) is 17.4 Å². The van der Waals surface area contributed by atoms with Crippen LogP contribution in [0.2, 0.25) is 0 Å². The largest absolute Gasteiger partial charge is 0.497 e. The Morgan fingerprint density at radius 3 is 3.00 bits per heavy atom. The Balaban J connectivity index is 1.60. The number of amides is 3. The van der Waals surface area contributed by atoms with Gasteiger partial charge in [0.2, 0.25) is 5.91 Å². The van der Waals surface area contributed by atoms with E-state index in [2.05, 4.69) is 15.6 Å². The van der Waals surface area contributed by atoms with Crippen LogP contribution in [0.1, 0.15) is 12.1 Å². The zero-order chi connectivity index (χ0) is 17.1. The third-order valence-electron chi connectivity index (χ3n) is 3.66. The summed E-state index contributed by atoms with van der Waals surface area (Å²) >= 11 is 1.36. The number of anilines is 2. The maximum Gasteiger partial charge on any atom is 0.321 e. The van der Waals surface area contributed by atoms with E-state index in [1.165, 1.54) is 11.3 Å². The second-order valence-corrected chi connectivity index (χ2v) is 6.36. The molecule has 2 N–H and O–H groups in total. The molecule has 24 heavy (non-hydrogen) atoms. The van der Waals surface area contributed by atoms with Gasteiger partial charge in [0.15, 0.2) is 5.13 Å². The lowest BCUT2D eigenvalue weighted by atomic mass is 10.2. The van der Waals surface area contributed by atoms with Crippen LogP contribution in [-0.2, 0) is 4.79 Å². The van der Waals surface area contributed by atoms with Gasteiger partial charge in [-0.1, -0.05) is 6.07 Å². The Kier molecular flexibility index (Phi) is 4.66. The highest BCUT2D eigenvalue weighted by Gasteiger charge is 2.31. The number of hydrogen-bond donors (Lipinski definition) is 2. The van der Waals surface area contributed by atoms with Crippen LogP contribution in [0.5, 0.6) is 5.75 Å². The van der Waals surface area contributed by atoms with E-state index in [4.69, 9.17) is 4.74 Å². The molecule has 0 radical (unpaired) electrons. The number of ether oxygens (including phenoxy) is 1. The van der Waals surface area contributed by atoms with Crippen LogP contribution >= 0.6 is 11.3 Å². The van der Waals surface area contributed by atoms with E-state index in [-0.39, 0.29) is 24.4 Å². The maximum atomic E-state index is 12.2. The molecule has 1 aliphatic heterocycles. The molecule has 1 fully saturated rings. The van der Waals surface area contributed by atoms with Crippen molar-refractivity contribution in [3.63, 3.8) is 0 Å². The Hall–Kier alpha value is -2.61. The summed E-state index contributed by atoms with van der Waals surface area (Å²) in [5, 5.41) is 7.90. The molecule has 0 saturated carbocycles. The van der Waals surface area contributed by atoms with E-state index in [1.54, 1.807) is 18.1 Å². The van der Waals surface area contributed by atoms with Gasteiger partial charge < -0.3 is 15.0 Å². The number of carbonyl (C=O) groups is 2. The van der Waals surface area contributed by atoms with E-state index in [1.807, 2.05) is 30.5 Å². The molecule has 1 atom stereocenters. The first-order chi connectivity index (χ1) is 11.5. The smallest absolute Gasteiger partial charge is 0.321 e. The standard InChI is InChI=1S/C16H18N4O3S/c1-10-9-24-16(17-10)19-15(22)18-11-6-14(21)20(8-11)12-4-3-5-13(7-12)23-2/h3-5,7,9,11H,6,8H2,1-2H3,(H2,17,18,19,22)/t11-/m1/s1. The SMILES string of the molecule is COc1cccc(N2C[C@H](NC(=O)Nc3nc(C)cs3)CC2=O)c1. The minimum atomic E-state index is -0.352. The molecule has 1 aliphatic rings. The summed E-state index contributed by atoms with van der Waals surface area (Å²) in [6, 6.07) is 6.71. The van der Waals surface area contributed by atoms with Gasteiger partial charge in [0.25, 0.3) is 0 Å². The molecule has 3 amide bonds. The van der Waals surface area contributed by atoms with E-state index in [9.17, 15) is 9.59 Å². The number of benzene rings is 1. The zero-order valence-corrected chi connectivity index (χ0v) is 14.2. The van der Waals surface area contributed by atoms with Gasteiger partial charge in [-0.15, -0.1) is 11.3 Å². The lowest BCUT2D eigenvalue weighted by molar-refractivity contribution is -0.117. The average molecular weight is 346 g/mol. The third kappa shape index (κ3) is 3.65. The van der Waals surface area contributed by atoms with Crippen LogP contribution in [0.25, 0.3) is 0 Å². The Morgan fingerprint density at radius 2 is 2.29 bits per heavy atom. The minimum absolute atomic E-state index is 0.0290. The fraction of sp³-hybridized carbons (Fsp3) is 0.312. The first-order valence-corrected chi connectivity index (χ1v) is 8.37. The van der Waals surface area contributed by atoms with Crippen molar-refractivity contribution in [1.29, 1.82) is 0 Å². The summed E-state index contributed by atoms with van der Waals surface area (Å²) in [5.74, 6) is 0.659. The van der Waals surface area contributed by atoms with Crippen molar-refractivity contribution in [3.8, 4) is 5.75 Å². The molecule has 0 bridgehead atoms. The molecule has 8 heteroatoms. The summed E-state index contributed by atoms with van der Waals surface area (Å²) in [7, 11) is 1.58.